The number of carbonyl (C=O) groups excluding carboxylic acids is 1. The molecule has 0 amide bonds. The number of rotatable bonds is 4. The SMILES string of the molecule is CC.COC(=O)c1ccc(-n2c(-c3cccnc3N)nc3ccc(C4COC4)nc32)cc1. The Hall–Kier alpha value is -3.78. The standard InChI is InChI=1S/C22H19N5O3.C2H6/c1-29-22(28)13-4-6-15(7-5-13)27-20(16-3-2-10-24-19(16)23)26-18-9-8-17(25-21(18)27)14-11-30-12-14;1-2/h2-10,14H,11-12H2,1H3,(H2,23,24);1-2H3. The summed E-state index contributed by atoms with van der Waals surface area (Å²) in [6.07, 6.45) is 1.64. The van der Waals surface area contributed by atoms with E-state index >= 15 is 0 Å². The van der Waals surface area contributed by atoms with Gasteiger partial charge in [0, 0.05) is 17.8 Å². The Balaban J connectivity index is 0.00000119. The van der Waals surface area contributed by atoms with E-state index in [1.54, 1.807) is 18.3 Å². The van der Waals surface area contributed by atoms with Crippen LogP contribution >= 0.6 is 0 Å². The van der Waals surface area contributed by atoms with Gasteiger partial charge in [-0.15, -0.1) is 0 Å². The van der Waals surface area contributed by atoms with Crippen LogP contribution in [0.4, 0.5) is 5.82 Å². The molecular formula is C24H25N5O3. The molecular weight excluding hydrogens is 406 g/mol. The molecule has 5 rings (SSSR count). The first kappa shape index (κ1) is 21.5. The summed E-state index contributed by atoms with van der Waals surface area (Å²) >= 11 is 0. The fourth-order valence-electron chi connectivity index (χ4n) is 3.50. The predicted octanol–water partition coefficient (Wildman–Crippen LogP) is 3.99. The number of benzene rings is 1. The van der Waals surface area contributed by atoms with Gasteiger partial charge in [-0.3, -0.25) is 4.57 Å². The second kappa shape index (κ2) is 9.15. The van der Waals surface area contributed by atoms with Crippen molar-refractivity contribution in [2.45, 2.75) is 19.8 Å². The highest BCUT2D eigenvalue weighted by Crippen LogP contribution is 2.32. The molecule has 0 saturated carbocycles. The third-order valence-electron chi connectivity index (χ3n) is 5.21. The van der Waals surface area contributed by atoms with Crippen LogP contribution in [0.15, 0.2) is 54.7 Å². The van der Waals surface area contributed by atoms with Crippen LogP contribution in [-0.4, -0.2) is 45.8 Å². The van der Waals surface area contributed by atoms with Gasteiger partial charge >= 0.3 is 5.97 Å². The van der Waals surface area contributed by atoms with E-state index in [-0.39, 0.29) is 11.9 Å². The molecule has 8 nitrogen and oxygen atoms in total. The number of nitrogens with two attached hydrogens (primary N) is 1. The van der Waals surface area contributed by atoms with Crippen LogP contribution in [0, 0.1) is 0 Å². The number of imidazole rings is 1. The summed E-state index contributed by atoms with van der Waals surface area (Å²) in [5, 5.41) is 0. The van der Waals surface area contributed by atoms with Crippen LogP contribution in [0.1, 0.15) is 35.8 Å². The first-order valence-corrected chi connectivity index (χ1v) is 10.5. The van der Waals surface area contributed by atoms with Crippen molar-refractivity contribution in [3.05, 3.63) is 66.0 Å². The zero-order valence-corrected chi connectivity index (χ0v) is 18.3. The van der Waals surface area contributed by atoms with Crippen LogP contribution in [0.5, 0.6) is 0 Å². The normalized spacial score (nSPS) is 13.2. The molecule has 8 heteroatoms. The Labute approximate surface area is 186 Å². The molecule has 0 radical (unpaired) electrons. The summed E-state index contributed by atoms with van der Waals surface area (Å²) in [4.78, 5) is 25.7. The first-order chi connectivity index (χ1) is 15.7. The van der Waals surface area contributed by atoms with Crippen molar-refractivity contribution in [3.8, 4) is 17.1 Å². The molecule has 32 heavy (non-hydrogen) atoms. The fraction of sp³-hybridized carbons (Fsp3) is 0.250. The molecule has 0 spiro atoms. The van der Waals surface area contributed by atoms with Gasteiger partial charge in [-0.1, -0.05) is 13.8 Å². The van der Waals surface area contributed by atoms with Crippen molar-refractivity contribution < 1.29 is 14.3 Å². The lowest BCUT2D eigenvalue weighted by Gasteiger charge is -2.25. The molecule has 4 heterocycles. The highest BCUT2D eigenvalue weighted by molar-refractivity contribution is 5.90. The van der Waals surface area contributed by atoms with Gasteiger partial charge in [0.15, 0.2) is 11.5 Å². The van der Waals surface area contributed by atoms with Gasteiger partial charge in [-0.2, -0.15) is 0 Å². The van der Waals surface area contributed by atoms with Crippen molar-refractivity contribution >= 4 is 23.0 Å². The minimum atomic E-state index is -0.390. The number of carbonyl (C=O) groups is 1. The monoisotopic (exact) mass is 431 g/mol. The number of fused-ring (bicyclic) bond motifs is 1. The molecule has 1 aliphatic rings. The molecule has 4 aromatic rings. The molecule has 0 aliphatic carbocycles. The Morgan fingerprint density at radius 1 is 1.09 bits per heavy atom. The number of methoxy groups -OCH3 is 1. The van der Waals surface area contributed by atoms with E-state index in [1.165, 1.54) is 7.11 Å². The lowest BCUT2D eigenvalue weighted by Crippen LogP contribution is -2.26. The number of anilines is 1. The number of esters is 1. The second-order valence-electron chi connectivity index (χ2n) is 7.06. The van der Waals surface area contributed by atoms with Gasteiger partial charge in [0.1, 0.15) is 11.3 Å². The van der Waals surface area contributed by atoms with Crippen molar-refractivity contribution in [1.82, 2.24) is 19.5 Å². The molecule has 0 unspecified atom stereocenters. The highest BCUT2D eigenvalue weighted by atomic mass is 16.5. The van der Waals surface area contributed by atoms with E-state index in [0.717, 1.165) is 16.9 Å². The summed E-state index contributed by atoms with van der Waals surface area (Å²) in [6, 6.07) is 14.8. The highest BCUT2D eigenvalue weighted by Gasteiger charge is 2.24. The van der Waals surface area contributed by atoms with Crippen molar-refractivity contribution in [2.24, 2.45) is 0 Å². The number of nitrogen functional groups attached to an aromatic ring is 1. The van der Waals surface area contributed by atoms with Gasteiger partial charge in [0.05, 0.1) is 37.1 Å². The largest absolute Gasteiger partial charge is 0.465 e. The topological polar surface area (TPSA) is 105 Å². The molecule has 0 atom stereocenters. The molecule has 164 valence electrons. The van der Waals surface area contributed by atoms with Crippen molar-refractivity contribution in [3.63, 3.8) is 0 Å². The van der Waals surface area contributed by atoms with Crippen LogP contribution < -0.4 is 5.73 Å². The van der Waals surface area contributed by atoms with E-state index < -0.39 is 0 Å². The van der Waals surface area contributed by atoms with Crippen molar-refractivity contribution in [1.29, 1.82) is 0 Å². The Kier molecular flexibility index (Phi) is 6.13. The lowest BCUT2D eigenvalue weighted by atomic mass is 10.0. The predicted molar refractivity (Wildman–Crippen MR) is 123 cm³/mol. The second-order valence-corrected chi connectivity index (χ2v) is 7.06. The van der Waals surface area contributed by atoms with Crippen molar-refractivity contribution in [2.75, 3.05) is 26.1 Å². The van der Waals surface area contributed by atoms with Gasteiger partial charge in [-0.05, 0) is 48.5 Å². The van der Waals surface area contributed by atoms with E-state index in [4.69, 9.17) is 25.2 Å². The third kappa shape index (κ3) is 3.80. The van der Waals surface area contributed by atoms with Gasteiger partial charge in [0.25, 0.3) is 0 Å². The Morgan fingerprint density at radius 3 is 2.47 bits per heavy atom. The summed E-state index contributed by atoms with van der Waals surface area (Å²) < 4.78 is 12.1. The maximum Gasteiger partial charge on any atom is 0.337 e. The maximum atomic E-state index is 11.8. The molecule has 1 fully saturated rings. The number of ether oxygens (including phenoxy) is 2. The zero-order valence-electron chi connectivity index (χ0n) is 18.3. The lowest BCUT2D eigenvalue weighted by molar-refractivity contribution is 0.00682. The van der Waals surface area contributed by atoms with E-state index in [1.807, 2.05) is 54.8 Å². The number of nitrogens with zero attached hydrogens (tertiary/aromatic N) is 4. The minimum absolute atomic E-state index is 0.284. The first-order valence-electron chi connectivity index (χ1n) is 10.5. The van der Waals surface area contributed by atoms with Gasteiger partial charge in [0.2, 0.25) is 0 Å². The van der Waals surface area contributed by atoms with E-state index in [2.05, 4.69) is 4.98 Å². The molecule has 1 aliphatic heterocycles. The fourth-order valence-corrected chi connectivity index (χ4v) is 3.50. The third-order valence-corrected chi connectivity index (χ3v) is 5.21. The summed E-state index contributed by atoms with van der Waals surface area (Å²) in [5.74, 6) is 0.911. The number of pyridine rings is 2. The van der Waals surface area contributed by atoms with Crippen LogP contribution in [0.2, 0.25) is 0 Å². The van der Waals surface area contributed by atoms with E-state index in [0.29, 0.717) is 41.6 Å². The summed E-state index contributed by atoms with van der Waals surface area (Å²) in [7, 11) is 1.36. The Bertz CT molecular complexity index is 1250. The summed E-state index contributed by atoms with van der Waals surface area (Å²) in [6.45, 7) is 5.34. The maximum absolute atomic E-state index is 11.8. The molecule has 2 N–H and O–H groups in total. The molecule has 1 aromatic carbocycles. The number of hydrogen-bond acceptors (Lipinski definition) is 7. The smallest absolute Gasteiger partial charge is 0.337 e. The van der Waals surface area contributed by atoms with Crippen LogP contribution in [0.25, 0.3) is 28.2 Å². The number of aromatic nitrogens is 4. The van der Waals surface area contributed by atoms with Crippen LogP contribution in [0.3, 0.4) is 0 Å². The average molecular weight is 431 g/mol. The molecule has 0 bridgehead atoms. The molecule has 3 aromatic heterocycles. The quantitative estimate of drug-likeness (QED) is 0.487. The zero-order chi connectivity index (χ0) is 22.7. The molecule has 1 saturated heterocycles. The summed E-state index contributed by atoms with van der Waals surface area (Å²) in [5.41, 5.74) is 10.5. The van der Waals surface area contributed by atoms with Gasteiger partial charge < -0.3 is 15.2 Å². The Morgan fingerprint density at radius 2 is 1.84 bits per heavy atom. The number of hydrogen-bond donors (Lipinski definition) is 1. The van der Waals surface area contributed by atoms with E-state index in [9.17, 15) is 4.79 Å². The van der Waals surface area contributed by atoms with Crippen LogP contribution in [-0.2, 0) is 9.47 Å². The van der Waals surface area contributed by atoms with Gasteiger partial charge in [-0.25, -0.2) is 19.7 Å². The average Bonchev–Trinajstić information content (AvgIpc) is 3.18. The minimum Gasteiger partial charge on any atom is -0.465 e.